The van der Waals surface area contributed by atoms with Gasteiger partial charge in [0.05, 0.1) is 18.2 Å². The van der Waals surface area contributed by atoms with Crippen molar-refractivity contribution in [2.75, 3.05) is 7.11 Å². The molecule has 0 fully saturated rings. The van der Waals surface area contributed by atoms with Crippen LogP contribution in [-0.2, 0) is 9.53 Å². The van der Waals surface area contributed by atoms with Crippen LogP contribution < -0.4 is 4.74 Å². The lowest BCUT2D eigenvalue weighted by Crippen LogP contribution is -2.48. The summed E-state index contributed by atoms with van der Waals surface area (Å²) in [6.45, 7) is 4.17. The van der Waals surface area contributed by atoms with Crippen LogP contribution in [0.3, 0.4) is 0 Å². The van der Waals surface area contributed by atoms with Crippen LogP contribution >= 0.6 is 0 Å². The van der Waals surface area contributed by atoms with Gasteiger partial charge in [0.2, 0.25) is 0 Å². The van der Waals surface area contributed by atoms with E-state index in [-0.39, 0.29) is 5.97 Å². The number of hydrogen-bond donors (Lipinski definition) is 2. The highest BCUT2D eigenvalue weighted by atomic mass is 16.5. The van der Waals surface area contributed by atoms with Crippen molar-refractivity contribution in [3.8, 4) is 16.9 Å². The Kier molecular flexibility index (Phi) is 9.34. The number of esters is 1. The first-order valence-electron chi connectivity index (χ1n) is 12.3. The molecule has 5 heteroatoms. The number of ether oxygens (including phenoxy) is 2. The number of aromatic nitrogens is 1. The molecular weight excluding hydrogens is 426 g/mol. The number of hydrogen-bond acceptors (Lipinski definition) is 4. The molecule has 0 aliphatic rings. The van der Waals surface area contributed by atoms with Gasteiger partial charge in [-0.05, 0) is 48.2 Å². The van der Waals surface area contributed by atoms with Crippen LogP contribution in [0, 0.1) is 5.41 Å². The Labute approximate surface area is 203 Å². The Morgan fingerprint density at radius 1 is 0.912 bits per heavy atom. The van der Waals surface area contributed by atoms with Gasteiger partial charge in [-0.15, -0.1) is 0 Å². The molecular formula is C29H37NO4. The van der Waals surface area contributed by atoms with Crippen LogP contribution in [0.1, 0.15) is 64.2 Å². The van der Waals surface area contributed by atoms with E-state index in [0.29, 0.717) is 18.6 Å². The maximum Gasteiger partial charge on any atom is 0.314 e. The second-order valence-corrected chi connectivity index (χ2v) is 8.85. The Hall–Kier alpha value is -3.05. The fourth-order valence-electron chi connectivity index (χ4n) is 4.55. The van der Waals surface area contributed by atoms with Crippen molar-refractivity contribution in [2.45, 2.75) is 64.6 Å². The minimum absolute atomic E-state index is 0.374. The Morgan fingerprint density at radius 3 is 2.06 bits per heavy atom. The van der Waals surface area contributed by atoms with Gasteiger partial charge in [-0.1, -0.05) is 82.0 Å². The van der Waals surface area contributed by atoms with Gasteiger partial charge in [-0.2, -0.15) is 0 Å². The van der Waals surface area contributed by atoms with Crippen molar-refractivity contribution in [2.24, 2.45) is 5.41 Å². The summed E-state index contributed by atoms with van der Waals surface area (Å²) >= 11 is 0. The van der Waals surface area contributed by atoms with Gasteiger partial charge >= 0.3 is 5.97 Å². The van der Waals surface area contributed by atoms with E-state index < -0.39 is 17.6 Å². The van der Waals surface area contributed by atoms with Gasteiger partial charge in [0.25, 0.3) is 0 Å². The number of aliphatic hydroxyl groups excluding tert-OH is 1. The monoisotopic (exact) mass is 463 g/mol. The summed E-state index contributed by atoms with van der Waals surface area (Å²) in [7, 11) is 1.40. The molecule has 2 atom stereocenters. The summed E-state index contributed by atoms with van der Waals surface area (Å²) in [6.07, 6.45) is 4.55. The predicted molar refractivity (Wildman–Crippen MR) is 136 cm³/mol. The predicted octanol–water partition coefficient (Wildman–Crippen LogP) is 6.70. The highest BCUT2D eigenvalue weighted by Gasteiger charge is 2.50. The summed E-state index contributed by atoms with van der Waals surface area (Å²) in [5, 5.41) is 11.8. The normalized spacial score (nSPS) is 13.3. The van der Waals surface area contributed by atoms with Crippen molar-refractivity contribution in [3.63, 3.8) is 0 Å². The number of H-pyrrole nitrogens is 1. The van der Waals surface area contributed by atoms with Crippen LogP contribution in [-0.4, -0.2) is 29.3 Å². The molecule has 0 saturated heterocycles. The molecule has 1 aromatic heterocycles. The number of carbonyl (C=O) groups excluding carboxylic acids is 1. The molecule has 0 saturated carbocycles. The summed E-state index contributed by atoms with van der Waals surface area (Å²) in [6, 6.07) is 21.7. The molecule has 0 radical (unpaired) electrons. The van der Waals surface area contributed by atoms with Crippen molar-refractivity contribution in [1.29, 1.82) is 0 Å². The van der Waals surface area contributed by atoms with Gasteiger partial charge < -0.3 is 19.6 Å². The zero-order valence-corrected chi connectivity index (χ0v) is 20.5. The number of methoxy groups -OCH3 is 1. The average Bonchev–Trinajstić information content (AvgIpc) is 3.42. The first-order valence-corrected chi connectivity index (χ1v) is 12.3. The lowest BCUT2D eigenvalue weighted by atomic mass is 9.71. The average molecular weight is 464 g/mol. The third-order valence-corrected chi connectivity index (χ3v) is 6.55. The number of carbonyl (C=O) groups is 1. The number of unbranched alkanes of at least 4 members (excludes halogenated alkanes) is 2. The molecule has 2 unspecified atom stereocenters. The fourth-order valence-corrected chi connectivity index (χ4v) is 4.55. The van der Waals surface area contributed by atoms with E-state index in [9.17, 15) is 9.90 Å². The van der Waals surface area contributed by atoms with E-state index in [2.05, 4.69) is 31.0 Å². The minimum Gasteiger partial charge on any atom is -0.481 e. The van der Waals surface area contributed by atoms with Gasteiger partial charge in [-0.3, -0.25) is 4.79 Å². The number of aromatic amines is 1. The zero-order chi connectivity index (χ0) is 24.4. The van der Waals surface area contributed by atoms with E-state index in [4.69, 9.17) is 9.47 Å². The van der Waals surface area contributed by atoms with Crippen molar-refractivity contribution in [1.82, 2.24) is 4.98 Å². The molecule has 0 spiro atoms. The molecule has 0 amide bonds. The molecule has 3 aromatic rings. The number of aliphatic hydroxyl groups is 1. The molecule has 1 heterocycles. The largest absolute Gasteiger partial charge is 0.481 e. The highest BCUT2D eigenvalue weighted by molar-refractivity contribution is 5.77. The molecule has 34 heavy (non-hydrogen) atoms. The molecule has 0 aliphatic carbocycles. The van der Waals surface area contributed by atoms with E-state index in [1.807, 2.05) is 54.6 Å². The SMILES string of the molecule is CCCCC(CCCC)(C(=O)OC)C(O)C(Oc1ccc(-c2ccccc2)cc1)c1ccc[nH]1. The molecule has 0 aliphatic heterocycles. The number of rotatable bonds is 13. The lowest BCUT2D eigenvalue weighted by Gasteiger charge is -2.39. The Bertz CT molecular complexity index is 975. The van der Waals surface area contributed by atoms with Gasteiger partial charge in [0.15, 0.2) is 6.10 Å². The molecule has 2 aromatic carbocycles. The Morgan fingerprint density at radius 2 is 1.53 bits per heavy atom. The van der Waals surface area contributed by atoms with Crippen LogP contribution in [0.2, 0.25) is 0 Å². The highest BCUT2D eigenvalue weighted by Crippen LogP contribution is 2.43. The molecule has 2 N–H and O–H groups in total. The molecule has 0 bridgehead atoms. The quantitative estimate of drug-likeness (QED) is 0.277. The lowest BCUT2D eigenvalue weighted by molar-refractivity contribution is -0.168. The third-order valence-electron chi connectivity index (χ3n) is 6.55. The van der Waals surface area contributed by atoms with Gasteiger partial charge in [-0.25, -0.2) is 0 Å². The second kappa shape index (κ2) is 12.4. The van der Waals surface area contributed by atoms with Crippen molar-refractivity contribution in [3.05, 3.63) is 78.6 Å². The summed E-state index contributed by atoms with van der Waals surface area (Å²) < 4.78 is 11.6. The molecule has 182 valence electrons. The smallest absolute Gasteiger partial charge is 0.314 e. The van der Waals surface area contributed by atoms with Crippen LogP contribution in [0.15, 0.2) is 72.9 Å². The number of benzene rings is 2. The maximum atomic E-state index is 13.2. The standard InChI is InChI=1S/C29H37NO4/c1-4-6-19-29(20-7-5-2,28(32)33-3)27(31)26(25-14-11-21-30-25)34-24-17-15-23(16-18-24)22-12-9-8-10-13-22/h8-18,21,26-27,30-31H,4-7,19-20H2,1-3H3. The van der Waals surface area contributed by atoms with Crippen LogP contribution in [0.25, 0.3) is 11.1 Å². The minimum atomic E-state index is -1.08. The van der Waals surface area contributed by atoms with Gasteiger partial charge in [0, 0.05) is 6.20 Å². The molecule has 3 rings (SSSR count). The fraction of sp³-hybridized carbons (Fsp3) is 0.414. The van der Waals surface area contributed by atoms with E-state index in [1.54, 1.807) is 6.20 Å². The number of nitrogens with one attached hydrogen (secondary N) is 1. The maximum absolute atomic E-state index is 13.2. The van der Waals surface area contributed by atoms with E-state index in [1.165, 1.54) is 7.11 Å². The summed E-state index contributed by atoms with van der Waals surface area (Å²) in [4.78, 5) is 16.3. The van der Waals surface area contributed by atoms with Crippen molar-refractivity contribution < 1.29 is 19.4 Å². The first kappa shape index (κ1) is 25.6. The Balaban J connectivity index is 1.94. The first-order chi connectivity index (χ1) is 16.6. The topological polar surface area (TPSA) is 71.6 Å². The second-order valence-electron chi connectivity index (χ2n) is 8.85. The zero-order valence-electron chi connectivity index (χ0n) is 20.5. The van der Waals surface area contributed by atoms with Crippen molar-refractivity contribution >= 4 is 5.97 Å². The van der Waals surface area contributed by atoms with Crippen LogP contribution in [0.5, 0.6) is 5.75 Å². The summed E-state index contributed by atoms with van der Waals surface area (Å²) in [5.74, 6) is 0.254. The van der Waals surface area contributed by atoms with Crippen LogP contribution in [0.4, 0.5) is 0 Å². The van der Waals surface area contributed by atoms with Gasteiger partial charge in [0.1, 0.15) is 11.9 Å². The molecule has 5 nitrogen and oxygen atoms in total. The third kappa shape index (κ3) is 5.89. The van der Waals surface area contributed by atoms with E-state index in [0.717, 1.165) is 42.5 Å². The van der Waals surface area contributed by atoms with E-state index >= 15 is 0 Å². The summed E-state index contributed by atoms with van der Waals surface area (Å²) in [5.41, 5.74) is 1.89.